The zero-order chi connectivity index (χ0) is 22.0. The van der Waals surface area contributed by atoms with Gasteiger partial charge in [-0.05, 0) is 66.4 Å². The number of rotatable bonds is 2. The van der Waals surface area contributed by atoms with Crippen LogP contribution in [0.1, 0.15) is 18.4 Å². The summed E-state index contributed by atoms with van der Waals surface area (Å²) in [7, 11) is 0. The van der Waals surface area contributed by atoms with E-state index < -0.39 is 17.6 Å². The smallest absolute Gasteiger partial charge is 0.313 e. The van der Waals surface area contributed by atoms with E-state index >= 15 is 0 Å². The molecule has 1 aliphatic heterocycles. The summed E-state index contributed by atoms with van der Waals surface area (Å²) in [5, 5.41) is 3.19. The lowest BCUT2D eigenvalue weighted by molar-refractivity contribution is -0.143. The molecule has 8 heteroatoms. The molecule has 0 aliphatic carbocycles. The largest absolute Gasteiger partial charge is 0.334 e. The highest BCUT2D eigenvalue weighted by atomic mass is 35.5. The molecule has 1 N–H and O–H groups in total. The number of carbonyl (C=O) groups excluding carboxylic acids is 2. The topological polar surface area (TPSA) is 62.3 Å². The van der Waals surface area contributed by atoms with Gasteiger partial charge in [-0.2, -0.15) is 0 Å². The molecule has 1 aliphatic rings. The van der Waals surface area contributed by atoms with E-state index in [0.29, 0.717) is 36.8 Å². The van der Waals surface area contributed by atoms with Crippen molar-refractivity contribution in [2.75, 3.05) is 18.4 Å². The van der Waals surface area contributed by atoms with Crippen molar-refractivity contribution < 1.29 is 18.4 Å². The molecule has 0 saturated heterocycles. The van der Waals surface area contributed by atoms with Crippen molar-refractivity contribution in [3.8, 4) is 0 Å². The Kier molecular flexibility index (Phi) is 5.95. The number of amides is 2. The summed E-state index contributed by atoms with van der Waals surface area (Å²) < 4.78 is 27.7. The molecule has 0 bridgehead atoms. The lowest BCUT2D eigenvalue weighted by atomic mass is 9.98. The van der Waals surface area contributed by atoms with Crippen LogP contribution in [0.2, 0.25) is 5.02 Å². The van der Waals surface area contributed by atoms with Crippen molar-refractivity contribution in [1.82, 2.24) is 9.88 Å². The van der Waals surface area contributed by atoms with E-state index in [4.69, 9.17) is 11.6 Å². The lowest BCUT2D eigenvalue weighted by Gasteiger charge is -2.20. The van der Waals surface area contributed by atoms with Gasteiger partial charge in [0.25, 0.3) is 0 Å². The van der Waals surface area contributed by atoms with Gasteiger partial charge in [0.15, 0.2) is 0 Å². The van der Waals surface area contributed by atoms with Crippen molar-refractivity contribution in [2.24, 2.45) is 0 Å². The summed E-state index contributed by atoms with van der Waals surface area (Å²) in [4.78, 5) is 30.7. The van der Waals surface area contributed by atoms with E-state index in [1.165, 1.54) is 29.2 Å². The van der Waals surface area contributed by atoms with Crippen LogP contribution in [0.3, 0.4) is 0 Å². The number of nitrogens with one attached hydrogen (secondary N) is 1. The Morgan fingerprint density at radius 1 is 1.06 bits per heavy atom. The average molecular weight is 442 g/mol. The van der Waals surface area contributed by atoms with Crippen LogP contribution in [0.15, 0.2) is 54.7 Å². The zero-order valence-corrected chi connectivity index (χ0v) is 17.1. The number of halogens is 3. The number of pyridine rings is 1. The minimum Gasteiger partial charge on any atom is -0.334 e. The normalized spacial score (nSPS) is 14.2. The second-order valence-corrected chi connectivity index (χ2v) is 7.59. The number of aromatic nitrogens is 1. The fourth-order valence-electron chi connectivity index (χ4n) is 3.62. The minimum absolute atomic E-state index is 0.110. The predicted molar refractivity (Wildman–Crippen MR) is 116 cm³/mol. The molecular weight excluding hydrogens is 424 g/mol. The van der Waals surface area contributed by atoms with Crippen LogP contribution >= 0.6 is 11.6 Å². The van der Waals surface area contributed by atoms with E-state index in [0.717, 1.165) is 17.2 Å². The van der Waals surface area contributed by atoms with Crippen LogP contribution in [-0.4, -0.2) is 34.8 Å². The Balaban J connectivity index is 1.47. The van der Waals surface area contributed by atoms with Crippen molar-refractivity contribution in [1.29, 1.82) is 0 Å². The van der Waals surface area contributed by atoms with Crippen molar-refractivity contribution >= 4 is 45.6 Å². The van der Waals surface area contributed by atoms with Gasteiger partial charge in [-0.1, -0.05) is 17.7 Å². The highest BCUT2D eigenvalue weighted by Crippen LogP contribution is 2.29. The second-order valence-electron chi connectivity index (χ2n) is 7.16. The van der Waals surface area contributed by atoms with Gasteiger partial charge in [-0.15, -0.1) is 0 Å². The van der Waals surface area contributed by atoms with Gasteiger partial charge >= 0.3 is 11.8 Å². The zero-order valence-electron chi connectivity index (χ0n) is 16.4. The number of hydrogen-bond acceptors (Lipinski definition) is 3. The number of benzene rings is 2. The lowest BCUT2D eigenvalue weighted by Crippen LogP contribution is -2.40. The molecule has 0 spiro atoms. The number of anilines is 1. The fourth-order valence-corrected chi connectivity index (χ4v) is 3.78. The SMILES string of the molecule is O=C(Nc1ccc(Cl)cc1F)C(=O)N1CCC=C(c2ccnc3ccc(F)cc23)CC1. The number of hydrogen-bond donors (Lipinski definition) is 1. The molecule has 158 valence electrons. The van der Waals surface area contributed by atoms with Gasteiger partial charge in [0, 0.05) is 29.7 Å². The summed E-state index contributed by atoms with van der Waals surface area (Å²) in [6, 6.07) is 10.0. The molecule has 0 atom stereocenters. The summed E-state index contributed by atoms with van der Waals surface area (Å²) in [5.41, 5.74) is 2.38. The van der Waals surface area contributed by atoms with E-state index in [9.17, 15) is 18.4 Å². The maximum Gasteiger partial charge on any atom is 0.313 e. The van der Waals surface area contributed by atoms with Gasteiger partial charge in [-0.3, -0.25) is 14.6 Å². The highest BCUT2D eigenvalue weighted by Gasteiger charge is 2.24. The first-order chi connectivity index (χ1) is 14.9. The number of fused-ring (bicyclic) bond motifs is 1. The van der Waals surface area contributed by atoms with E-state index in [2.05, 4.69) is 10.3 Å². The van der Waals surface area contributed by atoms with Crippen molar-refractivity contribution in [2.45, 2.75) is 12.8 Å². The van der Waals surface area contributed by atoms with Crippen LogP contribution in [0.4, 0.5) is 14.5 Å². The molecule has 2 heterocycles. The second kappa shape index (κ2) is 8.81. The number of carbonyl (C=O) groups is 2. The average Bonchev–Trinajstić information content (AvgIpc) is 3.01. The third-order valence-electron chi connectivity index (χ3n) is 5.15. The van der Waals surface area contributed by atoms with E-state index in [1.54, 1.807) is 12.3 Å². The van der Waals surface area contributed by atoms with Crippen LogP contribution < -0.4 is 5.32 Å². The minimum atomic E-state index is -0.916. The van der Waals surface area contributed by atoms with E-state index in [-0.39, 0.29) is 16.5 Å². The van der Waals surface area contributed by atoms with Gasteiger partial charge in [0.2, 0.25) is 0 Å². The fraction of sp³-hybridized carbons (Fsp3) is 0.174. The third-order valence-corrected chi connectivity index (χ3v) is 5.39. The molecule has 5 nitrogen and oxygen atoms in total. The predicted octanol–water partition coefficient (Wildman–Crippen LogP) is 4.81. The molecular formula is C23H18ClF2N3O2. The van der Waals surface area contributed by atoms with Gasteiger partial charge in [-0.25, -0.2) is 8.78 Å². The molecule has 4 rings (SSSR count). The Bertz CT molecular complexity index is 1210. The Morgan fingerprint density at radius 2 is 1.90 bits per heavy atom. The Morgan fingerprint density at radius 3 is 2.71 bits per heavy atom. The quantitative estimate of drug-likeness (QED) is 0.580. The Hall–Kier alpha value is -3.32. The van der Waals surface area contributed by atoms with Gasteiger partial charge in [0.05, 0.1) is 11.2 Å². The summed E-state index contributed by atoms with van der Waals surface area (Å²) in [5.74, 6) is -2.72. The van der Waals surface area contributed by atoms with Crippen LogP contribution in [0, 0.1) is 11.6 Å². The molecule has 3 aromatic rings. The van der Waals surface area contributed by atoms with Crippen molar-refractivity contribution in [3.05, 3.63) is 77.0 Å². The molecule has 2 amide bonds. The maximum atomic E-state index is 13.9. The standard InChI is InChI=1S/C23H18ClF2N3O2/c24-15-3-5-21(19(26)12-15)28-22(30)23(31)29-10-1-2-14(8-11-29)17-7-9-27-20-6-4-16(25)13-18(17)20/h2-7,9,12-13H,1,8,10-11H2,(H,28,30). The van der Waals surface area contributed by atoms with Crippen LogP contribution in [-0.2, 0) is 9.59 Å². The molecule has 0 fully saturated rings. The summed E-state index contributed by atoms with van der Waals surface area (Å²) in [6.07, 6.45) is 4.68. The summed E-state index contributed by atoms with van der Waals surface area (Å²) in [6.45, 7) is 0.649. The van der Waals surface area contributed by atoms with Crippen molar-refractivity contribution in [3.63, 3.8) is 0 Å². The molecule has 31 heavy (non-hydrogen) atoms. The van der Waals surface area contributed by atoms with Gasteiger partial charge < -0.3 is 10.2 Å². The van der Waals surface area contributed by atoms with E-state index in [1.807, 2.05) is 12.1 Å². The Labute approximate surface area is 182 Å². The molecule has 0 radical (unpaired) electrons. The van der Waals surface area contributed by atoms with Gasteiger partial charge in [0.1, 0.15) is 11.6 Å². The molecule has 1 aromatic heterocycles. The maximum absolute atomic E-state index is 13.9. The van der Waals surface area contributed by atoms with Crippen LogP contribution in [0.5, 0.6) is 0 Å². The first-order valence-corrected chi connectivity index (χ1v) is 10.1. The summed E-state index contributed by atoms with van der Waals surface area (Å²) >= 11 is 5.71. The number of nitrogens with zero attached hydrogens (tertiary/aromatic N) is 2. The monoisotopic (exact) mass is 441 g/mol. The first kappa shape index (κ1) is 20.9. The highest BCUT2D eigenvalue weighted by molar-refractivity contribution is 6.39. The van der Waals surface area contributed by atoms with Crippen LogP contribution in [0.25, 0.3) is 16.5 Å². The molecule has 0 unspecified atom stereocenters. The molecule has 0 saturated carbocycles. The third kappa shape index (κ3) is 4.56. The first-order valence-electron chi connectivity index (χ1n) is 9.71. The molecule has 2 aromatic carbocycles.